The van der Waals surface area contributed by atoms with Crippen molar-refractivity contribution in [2.75, 3.05) is 7.11 Å². The van der Waals surface area contributed by atoms with Crippen LogP contribution in [0.2, 0.25) is 0 Å². The van der Waals surface area contributed by atoms with Gasteiger partial charge in [0.15, 0.2) is 0 Å². The fourth-order valence-electron chi connectivity index (χ4n) is 1.97. The van der Waals surface area contributed by atoms with Gasteiger partial charge in [-0.15, -0.1) is 0 Å². The Bertz CT molecular complexity index is 639. The Hall–Kier alpha value is -2.24. The van der Waals surface area contributed by atoms with Crippen LogP contribution in [-0.4, -0.2) is 13.1 Å². The van der Waals surface area contributed by atoms with E-state index in [0.29, 0.717) is 5.56 Å². The second kappa shape index (κ2) is 5.63. The van der Waals surface area contributed by atoms with Gasteiger partial charge in [0.25, 0.3) is 0 Å². The molecular weight excluding hydrogens is 285 g/mol. The number of furan rings is 1. The van der Waals surface area contributed by atoms with Crippen LogP contribution in [0.5, 0.6) is 0 Å². The lowest BCUT2D eigenvalue weighted by Crippen LogP contribution is -2.05. The second-order valence-corrected chi connectivity index (χ2v) is 4.56. The van der Waals surface area contributed by atoms with Gasteiger partial charge in [0.1, 0.15) is 12.0 Å². The van der Waals surface area contributed by atoms with E-state index in [2.05, 4.69) is 4.74 Å². The Balaban J connectivity index is 2.19. The molecule has 0 N–H and O–H groups in total. The summed E-state index contributed by atoms with van der Waals surface area (Å²) in [6.45, 7) is 1.38. The van der Waals surface area contributed by atoms with Gasteiger partial charge in [-0.25, -0.2) is 4.79 Å². The normalized spacial score (nSPS) is 11.5. The second-order valence-electron chi connectivity index (χ2n) is 4.56. The van der Waals surface area contributed by atoms with Crippen LogP contribution in [0.15, 0.2) is 34.9 Å². The van der Waals surface area contributed by atoms with E-state index >= 15 is 0 Å². The van der Waals surface area contributed by atoms with Gasteiger partial charge in [0.2, 0.25) is 0 Å². The van der Waals surface area contributed by atoms with E-state index in [0.717, 1.165) is 11.8 Å². The third kappa shape index (κ3) is 3.26. The minimum Gasteiger partial charge on any atom is -0.468 e. The number of esters is 1. The Morgan fingerprint density at radius 3 is 2.33 bits per heavy atom. The Morgan fingerprint density at radius 1 is 1.24 bits per heavy atom. The molecule has 3 nitrogen and oxygen atoms in total. The van der Waals surface area contributed by atoms with Gasteiger partial charge in [-0.2, -0.15) is 13.2 Å². The molecule has 0 saturated heterocycles. The number of carbonyl (C=O) groups excluding carboxylic acids is 1. The van der Waals surface area contributed by atoms with E-state index in [4.69, 9.17) is 4.42 Å². The molecule has 0 atom stereocenters. The molecule has 21 heavy (non-hydrogen) atoms. The molecule has 0 spiro atoms. The summed E-state index contributed by atoms with van der Waals surface area (Å²) < 4.78 is 47.6. The lowest BCUT2D eigenvalue weighted by atomic mass is 10.0. The number of ether oxygens (including phenoxy) is 1. The number of methoxy groups -OCH3 is 1. The molecule has 0 bridgehead atoms. The van der Waals surface area contributed by atoms with Crippen LogP contribution < -0.4 is 0 Å². The molecule has 2 rings (SSSR count). The SMILES string of the molecule is COC(=O)c1ccc(Cc2occ(C(F)(F)F)c2C)cc1. The lowest BCUT2D eigenvalue weighted by Gasteiger charge is -2.05. The van der Waals surface area contributed by atoms with Crippen LogP contribution in [0.3, 0.4) is 0 Å². The molecule has 112 valence electrons. The lowest BCUT2D eigenvalue weighted by molar-refractivity contribution is -0.138. The monoisotopic (exact) mass is 298 g/mol. The minimum atomic E-state index is -4.42. The van der Waals surface area contributed by atoms with E-state index in [1.807, 2.05) is 0 Å². The number of hydrogen-bond donors (Lipinski definition) is 0. The topological polar surface area (TPSA) is 39.4 Å². The van der Waals surface area contributed by atoms with Crippen molar-refractivity contribution in [1.82, 2.24) is 0 Å². The molecule has 1 heterocycles. The molecule has 0 fully saturated rings. The molecule has 6 heteroatoms. The largest absolute Gasteiger partial charge is 0.468 e. The molecular formula is C15H13F3O3. The maximum Gasteiger partial charge on any atom is 0.419 e. The molecule has 1 aromatic heterocycles. The van der Waals surface area contributed by atoms with Crippen molar-refractivity contribution in [3.8, 4) is 0 Å². The first-order valence-electron chi connectivity index (χ1n) is 6.14. The maximum atomic E-state index is 12.7. The van der Waals surface area contributed by atoms with E-state index in [1.165, 1.54) is 14.0 Å². The van der Waals surface area contributed by atoms with Crippen molar-refractivity contribution in [2.45, 2.75) is 19.5 Å². The predicted octanol–water partition coefficient (Wildman–Crippen LogP) is 3.98. The smallest absolute Gasteiger partial charge is 0.419 e. The molecule has 2 aromatic rings. The first-order valence-corrected chi connectivity index (χ1v) is 6.14. The highest BCUT2D eigenvalue weighted by Gasteiger charge is 2.35. The highest BCUT2D eigenvalue weighted by molar-refractivity contribution is 5.89. The average molecular weight is 298 g/mol. The zero-order valence-corrected chi connectivity index (χ0v) is 11.5. The van der Waals surface area contributed by atoms with Crippen molar-refractivity contribution < 1.29 is 27.1 Å². The zero-order valence-electron chi connectivity index (χ0n) is 11.5. The van der Waals surface area contributed by atoms with E-state index in [9.17, 15) is 18.0 Å². The van der Waals surface area contributed by atoms with Crippen LogP contribution in [0.1, 0.15) is 32.8 Å². The van der Waals surface area contributed by atoms with Gasteiger partial charge < -0.3 is 9.15 Å². The highest BCUT2D eigenvalue weighted by Crippen LogP contribution is 2.34. The quantitative estimate of drug-likeness (QED) is 0.804. The summed E-state index contributed by atoms with van der Waals surface area (Å²) in [6, 6.07) is 6.43. The number of rotatable bonds is 3. The Labute approximate surface area is 119 Å². The van der Waals surface area contributed by atoms with E-state index in [1.54, 1.807) is 24.3 Å². The molecule has 0 amide bonds. The number of carbonyl (C=O) groups is 1. The number of alkyl halides is 3. The summed E-state index contributed by atoms with van der Waals surface area (Å²) in [5.41, 5.74) is 0.449. The Kier molecular flexibility index (Phi) is 4.06. The summed E-state index contributed by atoms with van der Waals surface area (Å²) in [5, 5.41) is 0. The summed E-state index contributed by atoms with van der Waals surface area (Å²) in [4.78, 5) is 11.3. The van der Waals surface area contributed by atoms with Crippen LogP contribution in [0, 0.1) is 6.92 Å². The summed E-state index contributed by atoms with van der Waals surface area (Å²) >= 11 is 0. The fraction of sp³-hybridized carbons (Fsp3) is 0.267. The number of halogens is 3. The first-order chi connectivity index (χ1) is 9.82. The standard InChI is InChI=1S/C15H13F3O3/c1-9-12(15(16,17)18)8-21-13(9)7-10-3-5-11(6-4-10)14(19)20-2/h3-6,8H,7H2,1-2H3. The minimum absolute atomic E-state index is 0.0829. The fourth-order valence-corrected chi connectivity index (χ4v) is 1.97. The van der Waals surface area contributed by atoms with Gasteiger partial charge in [0, 0.05) is 12.0 Å². The van der Waals surface area contributed by atoms with Crippen LogP contribution in [-0.2, 0) is 17.3 Å². The summed E-state index contributed by atoms with van der Waals surface area (Å²) in [7, 11) is 1.28. The maximum absolute atomic E-state index is 12.7. The van der Waals surface area contributed by atoms with Crippen molar-refractivity contribution in [3.05, 3.63) is 58.5 Å². The van der Waals surface area contributed by atoms with Crippen LogP contribution in [0.4, 0.5) is 13.2 Å². The van der Waals surface area contributed by atoms with Gasteiger partial charge in [-0.05, 0) is 24.6 Å². The summed E-state index contributed by atoms with van der Waals surface area (Å²) in [5.74, 6) is -0.205. The molecule has 0 radical (unpaired) electrons. The third-order valence-corrected chi connectivity index (χ3v) is 3.19. The third-order valence-electron chi connectivity index (χ3n) is 3.19. The van der Waals surface area contributed by atoms with Gasteiger partial charge >= 0.3 is 12.1 Å². The highest BCUT2D eigenvalue weighted by atomic mass is 19.4. The molecule has 0 saturated carbocycles. The van der Waals surface area contributed by atoms with Gasteiger partial charge in [-0.3, -0.25) is 0 Å². The molecule has 0 aliphatic heterocycles. The van der Waals surface area contributed by atoms with Crippen LogP contribution in [0.25, 0.3) is 0 Å². The number of benzene rings is 1. The average Bonchev–Trinajstić information content (AvgIpc) is 2.80. The predicted molar refractivity (Wildman–Crippen MR) is 69.0 cm³/mol. The molecule has 0 aliphatic rings. The van der Waals surface area contributed by atoms with Gasteiger partial charge in [0.05, 0.1) is 18.2 Å². The van der Waals surface area contributed by atoms with Crippen molar-refractivity contribution in [3.63, 3.8) is 0 Å². The van der Waals surface area contributed by atoms with Crippen molar-refractivity contribution in [2.24, 2.45) is 0 Å². The van der Waals surface area contributed by atoms with E-state index in [-0.39, 0.29) is 17.7 Å². The Morgan fingerprint density at radius 2 is 1.86 bits per heavy atom. The van der Waals surface area contributed by atoms with E-state index < -0.39 is 17.7 Å². The number of hydrogen-bond acceptors (Lipinski definition) is 3. The van der Waals surface area contributed by atoms with Crippen LogP contribution >= 0.6 is 0 Å². The molecule has 0 unspecified atom stereocenters. The summed E-state index contributed by atoms with van der Waals surface area (Å²) in [6.07, 6.45) is -3.46. The molecule has 0 aliphatic carbocycles. The molecule has 1 aromatic carbocycles. The van der Waals surface area contributed by atoms with Gasteiger partial charge in [-0.1, -0.05) is 12.1 Å². The van der Waals surface area contributed by atoms with Crippen molar-refractivity contribution >= 4 is 5.97 Å². The van der Waals surface area contributed by atoms with Crippen molar-refractivity contribution in [1.29, 1.82) is 0 Å². The first kappa shape index (κ1) is 15.2. The zero-order chi connectivity index (χ0) is 15.6.